The Hall–Kier alpha value is -0.980. The number of carbonyl (C=O) groups excluding carboxylic acids is 1. The summed E-state index contributed by atoms with van der Waals surface area (Å²) in [5.41, 5.74) is 0.617. The third-order valence-electron chi connectivity index (χ3n) is 7.54. The van der Waals surface area contributed by atoms with Crippen molar-refractivity contribution in [3.8, 4) is 0 Å². The van der Waals surface area contributed by atoms with Gasteiger partial charge in [0.05, 0.1) is 6.61 Å². The lowest BCUT2D eigenvalue weighted by Crippen LogP contribution is -3.00. The van der Waals surface area contributed by atoms with Gasteiger partial charge in [-0.25, -0.2) is 9.36 Å². The lowest BCUT2D eigenvalue weighted by atomic mass is 10.0. The molecule has 0 aliphatic rings. The molecule has 0 atom stereocenters. The largest absolute Gasteiger partial charge is 1.00 e. The Labute approximate surface area is 264 Å². The fraction of sp³-hybridized carbons (Fsp3) is 0.829. The van der Waals surface area contributed by atoms with Gasteiger partial charge in [0.2, 0.25) is 0 Å². The first kappa shape index (κ1) is 40.0. The summed E-state index contributed by atoms with van der Waals surface area (Å²) in [6.45, 7) is 8.81. The number of aromatic nitrogens is 1. The monoisotopic (exact) mass is 641 g/mol. The Morgan fingerprint density at radius 1 is 0.610 bits per heavy atom. The van der Waals surface area contributed by atoms with E-state index in [1.165, 1.54) is 116 Å². The molecule has 240 valence electrons. The number of carbonyl (C=O) groups is 1. The van der Waals surface area contributed by atoms with Crippen LogP contribution in [-0.2, 0) is 20.8 Å². The highest BCUT2D eigenvalue weighted by Gasteiger charge is 2.11. The highest BCUT2D eigenvalue weighted by molar-refractivity contribution is 5.88. The van der Waals surface area contributed by atoms with Gasteiger partial charge in [-0.3, -0.25) is 0 Å². The Bertz CT molecular complexity index is 688. The number of pyridine rings is 1. The first-order valence-electron chi connectivity index (χ1n) is 17.1. The van der Waals surface area contributed by atoms with Gasteiger partial charge in [0.1, 0.15) is 12.1 Å². The molecular formula is C35H64BrNO4. The quantitative estimate of drug-likeness (QED) is 0.0554. The molecule has 1 aromatic rings. The van der Waals surface area contributed by atoms with Crippen LogP contribution in [0.25, 0.3) is 0 Å². The highest BCUT2D eigenvalue weighted by atomic mass is 79.9. The maximum absolute atomic E-state index is 11.8. The Morgan fingerprint density at radius 3 is 1.54 bits per heavy atom. The Kier molecular flexibility index (Phi) is 31.2. The fourth-order valence-corrected chi connectivity index (χ4v) is 5.07. The number of unbranched alkanes of at least 4 members (excludes halogenated alkanes) is 18. The minimum atomic E-state index is -0.250. The van der Waals surface area contributed by atoms with E-state index in [0.717, 1.165) is 52.2 Å². The maximum atomic E-state index is 11.8. The molecule has 0 N–H and O–H groups in total. The summed E-state index contributed by atoms with van der Waals surface area (Å²) in [4.78, 5) is 11.8. The lowest BCUT2D eigenvalue weighted by molar-refractivity contribution is -0.697. The molecule has 5 nitrogen and oxygen atoms in total. The van der Waals surface area contributed by atoms with E-state index in [1.807, 2.05) is 25.4 Å². The second-order valence-electron chi connectivity index (χ2n) is 11.3. The molecule has 6 heteroatoms. The van der Waals surface area contributed by atoms with E-state index in [0.29, 0.717) is 12.2 Å². The first-order chi connectivity index (χ1) is 19.8. The van der Waals surface area contributed by atoms with Crippen molar-refractivity contribution in [2.75, 3.05) is 33.0 Å². The molecule has 0 saturated carbocycles. The van der Waals surface area contributed by atoms with Crippen LogP contribution in [0, 0.1) is 0 Å². The van der Waals surface area contributed by atoms with Crippen molar-refractivity contribution in [3.63, 3.8) is 0 Å². The van der Waals surface area contributed by atoms with E-state index in [1.54, 1.807) is 6.07 Å². The van der Waals surface area contributed by atoms with Crippen molar-refractivity contribution < 1.29 is 40.6 Å². The molecule has 1 rings (SSSR count). The van der Waals surface area contributed by atoms with Gasteiger partial charge in [-0.1, -0.05) is 110 Å². The summed E-state index contributed by atoms with van der Waals surface area (Å²) in [6, 6.07) is 3.71. The van der Waals surface area contributed by atoms with Gasteiger partial charge in [0.25, 0.3) is 0 Å². The number of rotatable bonds is 30. The van der Waals surface area contributed by atoms with Crippen LogP contribution in [0.1, 0.15) is 159 Å². The van der Waals surface area contributed by atoms with Crippen molar-refractivity contribution in [2.45, 2.75) is 155 Å². The lowest BCUT2D eigenvalue weighted by Gasteiger charge is -2.06. The molecule has 0 aromatic carbocycles. The zero-order valence-electron chi connectivity index (χ0n) is 26.9. The number of hydrogen-bond donors (Lipinski definition) is 0. The standard InChI is InChI=1S/C35H64NO4.BrH/c1-3-5-6-7-8-9-10-11-12-13-14-15-16-17-19-22-29-38-31-25-32-39-30-23-20-18-21-27-36-28-24-26-34(33-36)35(37)40-4-2;/h24,26,28,33H,3-23,25,27,29-32H2,1-2H3;1H/q+1;/p-1. The van der Waals surface area contributed by atoms with Crippen LogP contribution in [0.4, 0.5) is 0 Å². The molecule has 0 amide bonds. The molecule has 41 heavy (non-hydrogen) atoms. The summed E-state index contributed by atoms with van der Waals surface area (Å²) in [7, 11) is 0. The number of halogens is 1. The van der Waals surface area contributed by atoms with Crippen molar-refractivity contribution in [2.24, 2.45) is 0 Å². The zero-order chi connectivity index (χ0) is 28.8. The molecule has 0 unspecified atom stereocenters. The second-order valence-corrected chi connectivity index (χ2v) is 11.3. The number of nitrogens with zero attached hydrogens (tertiary/aromatic N) is 1. The Morgan fingerprint density at radius 2 is 1.05 bits per heavy atom. The van der Waals surface area contributed by atoms with Crippen LogP contribution in [0.3, 0.4) is 0 Å². The van der Waals surface area contributed by atoms with Gasteiger partial charge >= 0.3 is 5.97 Å². The number of ether oxygens (including phenoxy) is 3. The van der Waals surface area contributed by atoms with Crippen molar-refractivity contribution in [3.05, 3.63) is 30.1 Å². The third-order valence-corrected chi connectivity index (χ3v) is 7.54. The highest BCUT2D eigenvalue weighted by Crippen LogP contribution is 2.13. The summed E-state index contributed by atoms with van der Waals surface area (Å²) in [5.74, 6) is -0.250. The molecule has 1 aromatic heterocycles. The summed E-state index contributed by atoms with van der Waals surface area (Å²) >= 11 is 0. The van der Waals surface area contributed by atoms with Crippen molar-refractivity contribution in [1.29, 1.82) is 0 Å². The Balaban J connectivity index is 0.0000160. The average molecular weight is 643 g/mol. The molecule has 0 bridgehead atoms. The second kappa shape index (κ2) is 31.9. The molecule has 0 fully saturated rings. The molecular weight excluding hydrogens is 578 g/mol. The average Bonchev–Trinajstić information content (AvgIpc) is 2.97. The minimum absolute atomic E-state index is 0. The van der Waals surface area contributed by atoms with Gasteiger partial charge < -0.3 is 31.2 Å². The van der Waals surface area contributed by atoms with Crippen LogP contribution >= 0.6 is 0 Å². The van der Waals surface area contributed by atoms with Crippen LogP contribution < -0.4 is 21.5 Å². The van der Waals surface area contributed by atoms with E-state index in [-0.39, 0.29) is 23.0 Å². The third kappa shape index (κ3) is 26.4. The van der Waals surface area contributed by atoms with Crippen molar-refractivity contribution in [1.82, 2.24) is 0 Å². The van der Waals surface area contributed by atoms with Gasteiger partial charge in [-0.05, 0) is 38.7 Å². The number of hydrogen-bond acceptors (Lipinski definition) is 4. The molecule has 0 radical (unpaired) electrons. The molecule has 1 heterocycles. The van der Waals surface area contributed by atoms with Gasteiger partial charge in [-0.15, -0.1) is 0 Å². The number of aryl methyl sites for hydroxylation is 1. The van der Waals surface area contributed by atoms with E-state index >= 15 is 0 Å². The van der Waals surface area contributed by atoms with Crippen LogP contribution in [0.15, 0.2) is 24.5 Å². The van der Waals surface area contributed by atoms with Crippen LogP contribution in [0.5, 0.6) is 0 Å². The minimum Gasteiger partial charge on any atom is -1.00 e. The van der Waals surface area contributed by atoms with Crippen molar-refractivity contribution >= 4 is 5.97 Å². The summed E-state index contributed by atoms with van der Waals surface area (Å²) < 4.78 is 18.7. The van der Waals surface area contributed by atoms with Gasteiger partial charge in [-0.2, -0.15) is 0 Å². The van der Waals surface area contributed by atoms with E-state index in [9.17, 15) is 4.79 Å². The van der Waals surface area contributed by atoms with Gasteiger partial charge in [0.15, 0.2) is 12.4 Å². The molecule has 0 aliphatic carbocycles. The SMILES string of the molecule is CCCCCCCCCCCCCCCCCCOCCCOCCCCCC[n+]1cccc(C(=O)OCC)c1.[Br-]. The molecule has 0 spiro atoms. The zero-order valence-corrected chi connectivity index (χ0v) is 28.4. The normalized spacial score (nSPS) is 11.0. The van der Waals surface area contributed by atoms with E-state index < -0.39 is 0 Å². The predicted molar refractivity (Wildman–Crippen MR) is 167 cm³/mol. The maximum Gasteiger partial charge on any atom is 0.344 e. The molecule has 0 saturated heterocycles. The summed E-state index contributed by atoms with van der Waals surface area (Å²) in [5, 5.41) is 0. The topological polar surface area (TPSA) is 48.6 Å². The smallest absolute Gasteiger partial charge is 0.344 e. The number of esters is 1. The predicted octanol–water partition coefficient (Wildman–Crippen LogP) is 6.40. The first-order valence-corrected chi connectivity index (χ1v) is 17.1. The fourth-order valence-electron chi connectivity index (χ4n) is 5.07. The van der Waals surface area contributed by atoms with E-state index in [4.69, 9.17) is 14.2 Å². The van der Waals surface area contributed by atoms with Gasteiger partial charge in [0, 0.05) is 38.9 Å². The van der Waals surface area contributed by atoms with Crippen LogP contribution in [-0.4, -0.2) is 39.0 Å². The summed E-state index contributed by atoms with van der Waals surface area (Å²) in [6.07, 6.45) is 31.9. The van der Waals surface area contributed by atoms with E-state index in [2.05, 4.69) is 11.5 Å². The van der Waals surface area contributed by atoms with Crippen LogP contribution in [0.2, 0.25) is 0 Å². The molecule has 0 aliphatic heterocycles.